The van der Waals surface area contributed by atoms with Gasteiger partial charge in [0.25, 0.3) is 0 Å². The summed E-state index contributed by atoms with van der Waals surface area (Å²) in [7, 11) is 0. The lowest BCUT2D eigenvalue weighted by molar-refractivity contribution is 0.0524. The number of aromatic nitrogens is 4. The van der Waals surface area contributed by atoms with E-state index in [9.17, 15) is 22.8 Å². The van der Waals surface area contributed by atoms with E-state index in [1.165, 1.54) is 6.33 Å². The van der Waals surface area contributed by atoms with Crippen molar-refractivity contribution in [1.29, 1.82) is 0 Å². The van der Waals surface area contributed by atoms with Crippen LogP contribution < -0.4 is 5.43 Å². The van der Waals surface area contributed by atoms with Gasteiger partial charge in [0.05, 0.1) is 24.1 Å². The fraction of sp³-hybridized carbons (Fsp3) is 0.143. The van der Waals surface area contributed by atoms with E-state index in [1.807, 2.05) is 0 Å². The second kappa shape index (κ2) is 8.05. The maximum atomic E-state index is 14.7. The number of pyridine rings is 1. The summed E-state index contributed by atoms with van der Waals surface area (Å²) < 4.78 is 50.1. The fourth-order valence-electron chi connectivity index (χ4n) is 3.21. The first-order chi connectivity index (χ1) is 14.9. The number of rotatable bonds is 5. The number of fused-ring (bicyclic) bond motifs is 1. The zero-order valence-electron chi connectivity index (χ0n) is 16.2. The quantitative estimate of drug-likeness (QED) is 0.360. The number of hydrogen-bond acceptors (Lipinski definition) is 5. The Kier molecular flexibility index (Phi) is 5.28. The Bertz CT molecular complexity index is 1330. The number of ether oxygens (including phenoxy) is 1. The number of hydrogen-bond donors (Lipinski definition) is 0. The average Bonchev–Trinajstić information content (AvgIpc) is 3.26. The van der Waals surface area contributed by atoms with Crippen molar-refractivity contribution < 1.29 is 22.7 Å². The number of benzene rings is 2. The van der Waals surface area contributed by atoms with Crippen LogP contribution in [0.3, 0.4) is 0 Å². The van der Waals surface area contributed by atoms with E-state index < -0.39 is 45.3 Å². The van der Waals surface area contributed by atoms with Crippen LogP contribution in [0.15, 0.2) is 54.0 Å². The normalized spacial score (nSPS) is 11.1. The molecule has 0 aliphatic heterocycles. The summed E-state index contributed by atoms with van der Waals surface area (Å²) in [5.41, 5.74) is -0.705. The van der Waals surface area contributed by atoms with Crippen molar-refractivity contribution in [2.75, 3.05) is 6.61 Å². The lowest BCUT2D eigenvalue weighted by atomic mass is 10.1. The minimum atomic E-state index is -1.72. The van der Waals surface area contributed by atoms with Gasteiger partial charge in [0.1, 0.15) is 18.2 Å². The van der Waals surface area contributed by atoms with E-state index in [0.717, 1.165) is 16.3 Å². The van der Waals surface area contributed by atoms with Crippen molar-refractivity contribution in [3.63, 3.8) is 0 Å². The molecule has 0 aliphatic rings. The Labute approximate surface area is 173 Å². The predicted molar refractivity (Wildman–Crippen MR) is 104 cm³/mol. The van der Waals surface area contributed by atoms with Gasteiger partial charge >= 0.3 is 5.97 Å². The Balaban J connectivity index is 1.91. The number of carbonyl (C=O) groups excluding carboxylic acids is 1. The molecule has 2 heterocycles. The van der Waals surface area contributed by atoms with E-state index >= 15 is 0 Å². The third-order valence-corrected chi connectivity index (χ3v) is 4.65. The lowest BCUT2D eigenvalue weighted by Crippen LogP contribution is -2.21. The van der Waals surface area contributed by atoms with E-state index in [2.05, 4.69) is 10.1 Å². The van der Waals surface area contributed by atoms with Crippen molar-refractivity contribution in [1.82, 2.24) is 19.3 Å². The van der Waals surface area contributed by atoms with Gasteiger partial charge in [-0.25, -0.2) is 27.6 Å². The van der Waals surface area contributed by atoms with Crippen LogP contribution in [0.5, 0.6) is 0 Å². The van der Waals surface area contributed by atoms with Gasteiger partial charge in [-0.05, 0) is 30.7 Å². The molecule has 10 heteroatoms. The van der Waals surface area contributed by atoms with Crippen molar-refractivity contribution in [2.24, 2.45) is 0 Å². The summed E-state index contributed by atoms with van der Waals surface area (Å²) in [4.78, 5) is 28.8. The van der Waals surface area contributed by atoms with Gasteiger partial charge in [0.15, 0.2) is 17.5 Å². The molecule has 0 amide bonds. The summed E-state index contributed by atoms with van der Waals surface area (Å²) in [6.07, 6.45) is 4.01. The minimum Gasteiger partial charge on any atom is -0.462 e. The molecule has 0 radical (unpaired) electrons. The second-order valence-electron chi connectivity index (χ2n) is 6.60. The number of halogens is 3. The molecule has 4 rings (SSSR count). The van der Waals surface area contributed by atoms with Gasteiger partial charge in [-0.15, -0.1) is 0 Å². The zero-order chi connectivity index (χ0) is 22.1. The molecule has 0 aliphatic carbocycles. The van der Waals surface area contributed by atoms with E-state index in [0.29, 0.717) is 18.3 Å². The summed E-state index contributed by atoms with van der Waals surface area (Å²) in [5, 5.41) is 3.53. The molecule has 0 bridgehead atoms. The molecule has 2 aromatic heterocycles. The van der Waals surface area contributed by atoms with Crippen LogP contribution in [0.25, 0.3) is 16.6 Å². The van der Waals surface area contributed by atoms with Crippen molar-refractivity contribution in [2.45, 2.75) is 13.5 Å². The van der Waals surface area contributed by atoms with Crippen LogP contribution in [-0.2, 0) is 11.3 Å². The highest BCUT2D eigenvalue weighted by Crippen LogP contribution is 2.25. The second-order valence-corrected chi connectivity index (χ2v) is 6.60. The topological polar surface area (TPSA) is 79.0 Å². The summed E-state index contributed by atoms with van der Waals surface area (Å²) in [5.74, 6) is -5.73. The molecule has 7 nitrogen and oxygen atoms in total. The van der Waals surface area contributed by atoms with Gasteiger partial charge in [-0.1, -0.05) is 12.1 Å². The van der Waals surface area contributed by atoms with E-state index in [-0.39, 0.29) is 6.61 Å². The summed E-state index contributed by atoms with van der Waals surface area (Å²) in [6, 6.07) is 7.18. The summed E-state index contributed by atoms with van der Waals surface area (Å²) >= 11 is 0. The Hall–Kier alpha value is -3.95. The monoisotopic (exact) mass is 428 g/mol. The SMILES string of the molecule is CCOC(=O)c1cn(-c2ccc(Cn3cncn3)cc2)c2c(F)c(F)c(F)cc2c1=O. The van der Waals surface area contributed by atoms with Crippen molar-refractivity contribution in [3.8, 4) is 5.69 Å². The standard InChI is InChI=1S/C21H15F3N4O3/c1-2-31-21(30)15-9-28(19-14(20(15)29)7-16(22)17(23)18(19)24)13-5-3-12(4-6-13)8-27-11-25-10-26-27/h3-7,9-11H,2,8H2,1H3. The highest BCUT2D eigenvalue weighted by Gasteiger charge is 2.23. The molecule has 0 spiro atoms. The predicted octanol–water partition coefficient (Wildman–Crippen LogP) is 3.22. The number of esters is 1. The molecule has 4 aromatic rings. The average molecular weight is 428 g/mol. The molecule has 0 saturated heterocycles. The molecule has 0 saturated carbocycles. The van der Waals surface area contributed by atoms with Crippen LogP contribution in [-0.4, -0.2) is 31.9 Å². The lowest BCUT2D eigenvalue weighted by Gasteiger charge is -2.15. The van der Waals surface area contributed by atoms with Gasteiger partial charge in [-0.3, -0.25) is 4.79 Å². The highest BCUT2D eigenvalue weighted by atomic mass is 19.2. The third kappa shape index (κ3) is 3.67. The van der Waals surface area contributed by atoms with Crippen LogP contribution in [0.2, 0.25) is 0 Å². The number of nitrogens with zero attached hydrogens (tertiary/aromatic N) is 4. The molecule has 0 fully saturated rings. The van der Waals surface area contributed by atoms with Crippen molar-refractivity contribution >= 4 is 16.9 Å². The third-order valence-electron chi connectivity index (χ3n) is 4.65. The summed E-state index contributed by atoms with van der Waals surface area (Å²) in [6.45, 7) is 1.98. The first-order valence-corrected chi connectivity index (χ1v) is 9.22. The molecule has 158 valence electrons. The maximum absolute atomic E-state index is 14.7. The van der Waals surface area contributed by atoms with Crippen LogP contribution in [0.4, 0.5) is 13.2 Å². The first kappa shape index (κ1) is 20.3. The van der Waals surface area contributed by atoms with Gasteiger partial charge in [0.2, 0.25) is 5.43 Å². The Morgan fingerprint density at radius 2 is 1.87 bits per heavy atom. The largest absolute Gasteiger partial charge is 0.462 e. The van der Waals surface area contributed by atoms with Gasteiger partial charge < -0.3 is 9.30 Å². The Morgan fingerprint density at radius 3 is 2.52 bits per heavy atom. The Morgan fingerprint density at radius 1 is 1.13 bits per heavy atom. The highest BCUT2D eigenvalue weighted by molar-refractivity contribution is 5.94. The first-order valence-electron chi connectivity index (χ1n) is 9.22. The molecular formula is C21H15F3N4O3. The molecular weight excluding hydrogens is 413 g/mol. The maximum Gasteiger partial charge on any atom is 0.343 e. The number of carbonyl (C=O) groups is 1. The molecule has 0 unspecified atom stereocenters. The van der Waals surface area contributed by atoms with Crippen LogP contribution in [0, 0.1) is 17.5 Å². The zero-order valence-corrected chi connectivity index (χ0v) is 16.2. The van der Waals surface area contributed by atoms with E-state index in [4.69, 9.17) is 4.74 Å². The van der Waals surface area contributed by atoms with Crippen LogP contribution >= 0.6 is 0 Å². The molecule has 2 aromatic carbocycles. The molecule has 0 atom stereocenters. The fourth-order valence-corrected chi connectivity index (χ4v) is 3.21. The smallest absolute Gasteiger partial charge is 0.343 e. The van der Waals surface area contributed by atoms with Gasteiger partial charge in [0, 0.05) is 11.9 Å². The van der Waals surface area contributed by atoms with Crippen LogP contribution in [0.1, 0.15) is 22.8 Å². The van der Waals surface area contributed by atoms with E-state index in [1.54, 1.807) is 42.2 Å². The minimum absolute atomic E-state index is 0.000563. The molecule has 31 heavy (non-hydrogen) atoms. The van der Waals surface area contributed by atoms with Gasteiger partial charge in [-0.2, -0.15) is 5.10 Å². The van der Waals surface area contributed by atoms with Crippen molar-refractivity contribution in [3.05, 3.63) is 88.0 Å². The molecule has 0 N–H and O–H groups in total.